The molecule has 1 spiro atoms. The molecule has 0 saturated carbocycles. The fraction of sp³-hybridized carbons (Fsp3) is 0.556. The van der Waals surface area contributed by atoms with E-state index in [-0.39, 0.29) is 24.4 Å². The number of carbonyl (C=O) groups excluding carboxylic acids is 2. The second kappa shape index (κ2) is 6.35. The zero-order valence-electron chi connectivity index (χ0n) is 14.1. The molecule has 2 aliphatic rings. The first-order valence-electron chi connectivity index (χ1n) is 8.45. The smallest absolute Gasteiger partial charge is 0.266 e. The van der Waals surface area contributed by atoms with Crippen LogP contribution in [-0.4, -0.2) is 53.7 Å². The molecule has 1 aromatic rings. The number of hydrogen-bond donors (Lipinski definition) is 0. The molecule has 2 amide bonds. The van der Waals surface area contributed by atoms with Gasteiger partial charge in [0.25, 0.3) is 5.92 Å². The number of hydrogen-bond acceptors (Lipinski definition) is 2. The highest BCUT2D eigenvalue weighted by Crippen LogP contribution is 2.45. The Labute approximate surface area is 144 Å². The summed E-state index contributed by atoms with van der Waals surface area (Å²) in [5.74, 6) is -4.55. The summed E-state index contributed by atoms with van der Waals surface area (Å²) in [6.07, 6.45) is -0.498. The average molecular weight is 354 g/mol. The third-order valence-electron chi connectivity index (χ3n) is 5.15. The van der Waals surface area contributed by atoms with E-state index in [1.807, 2.05) is 0 Å². The topological polar surface area (TPSA) is 40.6 Å². The third-order valence-corrected chi connectivity index (χ3v) is 5.15. The second-order valence-corrected chi connectivity index (χ2v) is 6.97. The van der Waals surface area contributed by atoms with Crippen LogP contribution in [0.3, 0.4) is 0 Å². The van der Waals surface area contributed by atoms with Crippen molar-refractivity contribution >= 4 is 11.8 Å². The maximum Gasteiger partial charge on any atom is 0.266 e. The van der Waals surface area contributed by atoms with Crippen LogP contribution in [0, 0.1) is 11.2 Å². The number of alkyl halides is 2. The highest BCUT2D eigenvalue weighted by molar-refractivity contribution is 5.87. The fourth-order valence-corrected chi connectivity index (χ4v) is 3.91. The van der Waals surface area contributed by atoms with E-state index in [0.29, 0.717) is 19.5 Å². The predicted molar refractivity (Wildman–Crippen MR) is 85.6 cm³/mol. The maximum absolute atomic E-state index is 14.3. The summed E-state index contributed by atoms with van der Waals surface area (Å²) in [7, 11) is 0. The predicted octanol–water partition coefficient (Wildman–Crippen LogP) is 2.47. The maximum atomic E-state index is 14.3. The monoisotopic (exact) mass is 354 g/mol. The van der Waals surface area contributed by atoms with Crippen LogP contribution in [0.25, 0.3) is 0 Å². The summed E-state index contributed by atoms with van der Waals surface area (Å²) in [6.45, 7) is 1.96. The fourth-order valence-electron chi connectivity index (χ4n) is 3.91. The molecule has 2 saturated heterocycles. The van der Waals surface area contributed by atoms with E-state index in [1.54, 1.807) is 17.9 Å². The van der Waals surface area contributed by atoms with Crippen LogP contribution in [0.2, 0.25) is 0 Å². The van der Waals surface area contributed by atoms with Gasteiger partial charge in [0.1, 0.15) is 5.82 Å². The summed E-state index contributed by atoms with van der Waals surface area (Å²) >= 11 is 0. The first-order chi connectivity index (χ1) is 11.8. The molecule has 136 valence electrons. The van der Waals surface area contributed by atoms with Gasteiger partial charge in [-0.25, -0.2) is 13.2 Å². The van der Waals surface area contributed by atoms with E-state index in [1.165, 1.54) is 18.2 Å². The van der Waals surface area contributed by atoms with Gasteiger partial charge in [0.2, 0.25) is 11.8 Å². The first-order valence-corrected chi connectivity index (χ1v) is 8.45. The Balaban J connectivity index is 1.81. The molecular weight excluding hydrogens is 333 g/mol. The van der Waals surface area contributed by atoms with E-state index in [2.05, 4.69) is 0 Å². The number of rotatable bonds is 3. The molecule has 25 heavy (non-hydrogen) atoms. The molecule has 0 aliphatic carbocycles. The van der Waals surface area contributed by atoms with Gasteiger partial charge in [0, 0.05) is 26.1 Å². The Morgan fingerprint density at radius 2 is 1.96 bits per heavy atom. The van der Waals surface area contributed by atoms with Gasteiger partial charge < -0.3 is 9.80 Å². The van der Waals surface area contributed by atoms with E-state index in [4.69, 9.17) is 0 Å². The molecule has 1 atom stereocenters. The van der Waals surface area contributed by atoms with Gasteiger partial charge in [-0.05, 0) is 25.0 Å². The van der Waals surface area contributed by atoms with Crippen molar-refractivity contribution in [2.45, 2.75) is 32.1 Å². The third kappa shape index (κ3) is 3.37. The van der Waals surface area contributed by atoms with Gasteiger partial charge in [-0.1, -0.05) is 18.2 Å². The zero-order chi connectivity index (χ0) is 18.2. The lowest BCUT2D eigenvalue weighted by atomic mass is 9.76. The van der Waals surface area contributed by atoms with Crippen molar-refractivity contribution in [2.24, 2.45) is 5.41 Å². The van der Waals surface area contributed by atoms with Crippen molar-refractivity contribution in [1.29, 1.82) is 0 Å². The van der Waals surface area contributed by atoms with Crippen molar-refractivity contribution in [1.82, 2.24) is 9.80 Å². The number of piperidine rings is 1. The molecular formula is C18H21F3N2O2. The van der Waals surface area contributed by atoms with Crippen molar-refractivity contribution < 1.29 is 22.8 Å². The molecule has 2 heterocycles. The van der Waals surface area contributed by atoms with Crippen LogP contribution >= 0.6 is 0 Å². The van der Waals surface area contributed by atoms with Crippen LogP contribution in [0.1, 0.15) is 25.3 Å². The molecule has 0 unspecified atom stereocenters. The minimum absolute atomic E-state index is 0.0226. The molecule has 4 nitrogen and oxygen atoms in total. The quantitative estimate of drug-likeness (QED) is 0.837. The van der Waals surface area contributed by atoms with E-state index < -0.39 is 36.0 Å². The first kappa shape index (κ1) is 17.8. The summed E-state index contributed by atoms with van der Waals surface area (Å²) in [5.41, 5.74) is -1.05. The molecule has 3 rings (SSSR count). The number of amides is 2. The Morgan fingerprint density at radius 1 is 1.24 bits per heavy atom. The van der Waals surface area contributed by atoms with Gasteiger partial charge in [0.05, 0.1) is 18.4 Å². The number of benzene rings is 1. The van der Waals surface area contributed by atoms with Crippen molar-refractivity contribution in [3.8, 4) is 0 Å². The number of halogens is 3. The SMILES string of the molecule is CCN1CC[C@@]2(CN(C(=O)Cc3ccccc3F)CC(F)(F)C2)C1=O. The Morgan fingerprint density at radius 3 is 2.60 bits per heavy atom. The van der Waals surface area contributed by atoms with Crippen LogP contribution in [0.5, 0.6) is 0 Å². The van der Waals surface area contributed by atoms with E-state index in [9.17, 15) is 22.8 Å². The molecule has 7 heteroatoms. The Bertz CT molecular complexity index is 695. The average Bonchev–Trinajstić information content (AvgIpc) is 2.83. The lowest BCUT2D eigenvalue weighted by Gasteiger charge is -2.43. The Hall–Kier alpha value is -2.05. The normalized spacial score (nSPS) is 25.7. The van der Waals surface area contributed by atoms with Gasteiger partial charge in [-0.2, -0.15) is 0 Å². The van der Waals surface area contributed by atoms with Crippen molar-refractivity contribution in [3.05, 3.63) is 35.6 Å². The number of carbonyl (C=O) groups is 2. The largest absolute Gasteiger partial charge is 0.342 e. The van der Waals surface area contributed by atoms with E-state index >= 15 is 0 Å². The second-order valence-electron chi connectivity index (χ2n) is 6.97. The summed E-state index contributed by atoms with van der Waals surface area (Å²) < 4.78 is 42.3. The zero-order valence-corrected chi connectivity index (χ0v) is 14.1. The molecule has 0 radical (unpaired) electrons. The molecule has 2 fully saturated rings. The van der Waals surface area contributed by atoms with Crippen LogP contribution in [0.4, 0.5) is 13.2 Å². The highest BCUT2D eigenvalue weighted by atomic mass is 19.3. The van der Waals surface area contributed by atoms with Gasteiger partial charge in [-0.3, -0.25) is 9.59 Å². The number of nitrogens with zero attached hydrogens (tertiary/aromatic N) is 2. The van der Waals surface area contributed by atoms with Gasteiger partial charge in [0.15, 0.2) is 0 Å². The summed E-state index contributed by atoms with van der Waals surface area (Å²) in [6, 6.07) is 5.79. The van der Waals surface area contributed by atoms with Gasteiger partial charge in [-0.15, -0.1) is 0 Å². The van der Waals surface area contributed by atoms with Crippen LogP contribution in [0.15, 0.2) is 24.3 Å². The van der Waals surface area contributed by atoms with Crippen molar-refractivity contribution in [2.75, 3.05) is 26.2 Å². The minimum atomic E-state index is -3.12. The summed E-state index contributed by atoms with van der Waals surface area (Å²) in [4.78, 5) is 27.7. The number of likely N-dealkylation sites (tertiary alicyclic amines) is 2. The Kier molecular flexibility index (Phi) is 4.51. The standard InChI is InChI=1S/C18H21F3N2O2/c1-2-22-8-7-17(16(22)25)10-18(20,21)12-23(11-17)15(24)9-13-5-3-4-6-14(13)19/h3-6H,2,7-12H2,1H3/t17-/m1/s1. The van der Waals surface area contributed by atoms with Crippen LogP contribution < -0.4 is 0 Å². The molecule has 0 bridgehead atoms. The van der Waals surface area contributed by atoms with Crippen molar-refractivity contribution in [3.63, 3.8) is 0 Å². The van der Waals surface area contributed by atoms with Gasteiger partial charge >= 0.3 is 0 Å². The summed E-state index contributed by atoms with van der Waals surface area (Å²) in [5, 5.41) is 0. The molecule has 0 N–H and O–H groups in total. The highest BCUT2D eigenvalue weighted by Gasteiger charge is 2.57. The minimum Gasteiger partial charge on any atom is -0.342 e. The lowest BCUT2D eigenvalue weighted by Crippen LogP contribution is -2.57. The van der Waals surface area contributed by atoms with Crippen LogP contribution in [-0.2, 0) is 16.0 Å². The molecule has 0 aromatic heterocycles. The molecule has 2 aliphatic heterocycles. The molecule has 1 aromatic carbocycles. The van der Waals surface area contributed by atoms with E-state index in [0.717, 1.165) is 4.90 Å². The lowest BCUT2D eigenvalue weighted by molar-refractivity contribution is -0.162.